The van der Waals surface area contributed by atoms with Crippen LogP contribution in [0.4, 0.5) is 0 Å². The Bertz CT molecular complexity index is 107. The van der Waals surface area contributed by atoms with Gasteiger partial charge in [-0.1, -0.05) is 19.1 Å². The van der Waals surface area contributed by atoms with Crippen LogP contribution in [0.5, 0.6) is 0 Å². The van der Waals surface area contributed by atoms with Crippen LogP contribution >= 0.6 is 0 Å². The Morgan fingerprint density at radius 2 is 2.11 bits per heavy atom. The highest BCUT2D eigenvalue weighted by Gasteiger charge is 2.10. The lowest BCUT2D eigenvalue weighted by atomic mass is 9.96. The fourth-order valence-corrected chi connectivity index (χ4v) is 1.13. The number of methoxy groups -OCH3 is 1. The maximum atomic E-state index is 5.15. The van der Waals surface area contributed by atoms with Crippen LogP contribution in [0.3, 0.4) is 0 Å². The number of ether oxygens (including phenoxy) is 1. The molecule has 2 atom stereocenters. The molecule has 1 rings (SSSR count). The zero-order valence-corrected chi connectivity index (χ0v) is 6.13. The molecule has 1 aliphatic rings. The first kappa shape index (κ1) is 6.81. The van der Waals surface area contributed by atoms with Crippen molar-refractivity contribution in [2.45, 2.75) is 25.9 Å². The smallest absolute Gasteiger partial charge is 0.0752 e. The highest BCUT2D eigenvalue weighted by Crippen LogP contribution is 2.17. The highest BCUT2D eigenvalue weighted by molar-refractivity contribution is 4.97. The molecular weight excluding hydrogens is 112 g/mol. The van der Waals surface area contributed by atoms with E-state index in [0.29, 0.717) is 6.10 Å². The number of allylic oxidation sites excluding steroid dienone is 1. The molecule has 0 saturated carbocycles. The molecule has 1 nitrogen and oxygen atoms in total. The second-order valence-electron chi connectivity index (χ2n) is 2.71. The third kappa shape index (κ3) is 1.83. The van der Waals surface area contributed by atoms with Crippen molar-refractivity contribution in [2.75, 3.05) is 7.11 Å². The molecule has 0 fully saturated rings. The Balaban J connectivity index is 2.38. The van der Waals surface area contributed by atoms with Gasteiger partial charge in [-0.2, -0.15) is 0 Å². The van der Waals surface area contributed by atoms with Crippen molar-refractivity contribution in [1.82, 2.24) is 0 Å². The summed E-state index contributed by atoms with van der Waals surface area (Å²) in [5, 5.41) is 0. The molecule has 52 valence electrons. The number of rotatable bonds is 1. The number of hydrogen-bond acceptors (Lipinski definition) is 1. The molecule has 1 aliphatic carbocycles. The molecule has 0 aliphatic heterocycles. The Labute approximate surface area is 56.7 Å². The minimum Gasteiger partial charge on any atom is -0.377 e. The van der Waals surface area contributed by atoms with Crippen LogP contribution in [-0.2, 0) is 4.74 Å². The quantitative estimate of drug-likeness (QED) is 0.488. The lowest BCUT2D eigenvalue weighted by Crippen LogP contribution is -2.12. The first-order valence-electron chi connectivity index (χ1n) is 3.54. The molecule has 0 amide bonds. The van der Waals surface area contributed by atoms with Gasteiger partial charge in [0.1, 0.15) is 0 Å². The van der Waals surface area contributed by atoms with Gasteiger partial charge in [-0.05, 0) is 18.8 Å². The molecule has 0 heterocycles. The predicted molar refractivity (Wildman–Crippen MR) is 38.3 cm³/mol. The molecule has 0 spiro atoms. The van der Waals surface area contributed by atoms with Gasteiger partial charge in [0.15, 0.2) is 0 Å². The molecule has 0 aromatic rings. The van der Waals surface area contributed by atoms with Crippen molar-refractivity contribution in [1.29, 1.82) is 0 Å². The Kier molecular flexibility index (Phi) is 2.29. The maximum absolute atomic E-state index is 5.15. The molecular formula is C8H14O. The molecule has 9 heavy (non-hydrogen) atoms. The van der Waals surface area contributed by atoms with Gasteiger partial charge in [0, 0.05) is 7.11 Å². The number of hydrogen-bond donors (Lipinski definition) is 0. The van der Waals surface area contributed by atoms with Crippen LogP contribution in [0, 0.1) is 5.92 Å². The largest absolute Gasteiger partial charge is 0.377 e. The molecule has 0 bridgehead atoms. The van der Waals surface area contributed by atoms with Gasteiger partial charge in [0.2, 0.25) is 0 Å². The highest BCUT2D eigenvalue weighted by atomic mass is 16.5. The van der Waals surface area contributed by atoms with Crippen LogP contribution in [0.1, 0.15) is 19.8 Å². The third-order valence-corrected chi connectivity index (χ3v) is 1.86. The fourth-order valence-electron chi connectivity index (χ4n) is 1.13. The van der Waals surface area contributed by atoms with Crippen LogP contribution in [-0.4, -0.2) is 13.2 Å². The van der Waals surface area contributed by atoms with Crippen molar-refractivity contribution < 1.29 is 4.74 Å². The van der Waals surface area contributed by atoms with E-state index < -0.39 is 0 Å². The van der Waals surface area contributed by atoms with Gasteiger partial charge in [0.25, 0.3) is 0 Å². The summed E-state index contributed by atoms with van der Waals surface area (Å²) in [6.45, 7) is 2.24. The summed E-state index contributed by atoms with van der Waals surface area (Å²) in [7, 11) is 1.77. The summed E-state index contributed by atoms with van der Waals surface area (Å²) in [4.78, 5) is 0. The van der Waals surface area contributed by atoms with Gasteiger partial charge >= 0.3 is 0 Å². The standard InChI is InChI=1S/C8H14O/c1-7-3-5-8(9-2)6-4-7/h3,5,7-8H,4,6H2,1-2H3/t7-,8-/m0/s1. The van der Waals surface area contributed by atoms with Crippen molar-refractivity contribution in [2.24, 2.45) is 5.92 Å². The normalized spacial score (nSPS) is 34.9. The minimum absolute atomic E-state index is 0.390. The first-order chi connectivity index (χ1) is 4.33. The van der Waals surface area contributed by atoms with E-state index in [0.717, 1.165) is 5.92 Å². The zero-order chi connectivity index (χ0) is 6.69. The van der Waals surface area contributed by atoms with E-state index in [1.54, 1.807) is 7.11 Å². The molecule has 0 saturated heterocycles. The molecule has 0 aromatic carbocycles. The summed E-state index contributed by atoms with van der Waals surface area (Å²) in [5.41, 5.74) is 0. The van der Waals surface area contributed by atoms with Crippen molar-refractivity contribution in [3.8, 4) is 0 Å². The Morgan fingerprint density at radius 3 is 2.56 bits per heavy atom. The van der Waals surface area contributed by atoms with Gasteiger partial charge in [0.05, 0.1) is 6.10 Å². The molecule has 0 radical (unpaired) electrons. The second-order valence-corrected chi connectivity index (χ2v) is 2.71. The van der Waals surface area contributed by atoms with Crippen LogP contribution in [0.15, 0.2) is 12.2 Å². The van der Waals surface area contributed by atoms with E-state index in [2.05, 4.69) is 19.1 Å². The summed E-state index contributed by atoms with van der Waals surface area (Å²) < 4.78 is 5.15. The van der Waals surface area contributed by atoms with E-state index in [9.17, 15) is 0 Å². The van der Waals surface area contributed by atoms with E-state index >= 15 is 0 Å². The van der Waals surface area contributed by atoms with E-state index in [-0.39, 0.29) is 0 Å². The summed E-state index contributed by atoms with van der Waals surface area (Å²) in [5.74, 6) is 0.761. The molecule has 1 heteroatoms. The summed E-state index contributed by atoms with van der Waals surface area (Å²) in [6.07, 6.45) is 7.25. The lowest BCUT2D eigenvalue weighted by Gasteiger charge is -2.18. The maximum Gasteiger partial charge on any atom is 0.0752 e. The average molecular weight is 126 g/mol. The van der Waals surface area contributed by atoms with Crippen LogP contribution in [0.2, 0.25) is 0 Å². The topological polar surface area (TPSA) is 9.23 Å². The molecule has 0 N–H and O–H groups in total. The average Bonchev–Trinajstić information content (AvgIpc) is 1.90. The van der Waals surface area contributed by atoms with Crippen LogP contribution in [0.25, 0.3) is 0 Å². The minimum atomic E-state index is 0.390. The Hall–Kier alpha value is -0.300. The summed E-state index contributed by atoms with van der Waals surface area (Å²) >= 11 is 0. The zero-order valence-electron chi connectivity index (χ0n) is 6.13. The van der Waals surface area contributed by atoms with Gasteiger partial charge < -0.3 is 4.74 Å². The predicted octanol–water partition coefficient (Wildman–Crippen LogP) is 1.99. The monoisotopic (exact) mass is 126 g/mol. The van der Waals surface area contributed by atoms with E-state index in [1.165, 1.54) is 12.8 Å². The van der Waals surface area contributed by atoms with Gasteiger partial charge in [-0.3, -0.25) is 0 Å². The Morgan fingerprint density at radius 1 is 1.33 bits per heavy atom. The van der Waals surface area contributed by atoms with Gasteiger partial charge in [-0.15, -0.1) is 0 Å². The molecule has 0 aromatic heterocycles. The van der Waals surface area contributed by atoms with Crippen molar-refractivity contribution in [3.63, 3.8) is 0 Å². The lowest BCUT2D eigenvalue weighted by molar-refractivity contribution is 0.123. The first-order valence-corrected chi connectivity index (χ1v) is 3.54. The van der Waals surface area contributed by atoms with Gasteiger partial charge in [-0.25, -0.2) is 0 Å². The fraction of sp³-hybridized carbons (Fsp3) is 0.750. The summed E-state index contributed by atoms with van der Waals surface area (Å²) in [6, 6.07) is 0. The SMILES string of the molecule is CO[C@H]1C=C[C@H](C)CC1. The van der Waals surface area contributed by atoms with Crippen molar-refractivity contribution >= 4 is 0 Å². The van der Waals surface area contributed by atoms with E-state index in [4.69, 9.17) is 4.74 Å². The third-order valence-electron chi connectivity index (χ3n) is 1.86. The second kappa shape index (κ2) is 3.02. The van der Waals surface area contributed by atoms with Crippen LogP contribution < -0.4 is 0 Å². The van der Waals surface area contributed by atoms with Crippen molar-refractivity contribution in [3.05, 3.63) is 12.2 Å². The molecule has 0 unspecified atom stereocenters. The van der Waals surface area contributed by atoms with E-state index in [1.807, 2.05) is 0 Å².